The second-order valence-electron chi connectivity index (χ2n) is 6.14. The Bertz CT molecular complexity index is 497. The summed E-state index contributed by atoms with van der Waals surface area (Å²) in [5.74, 6) is 1.56. The first-order valence-corrected chi connectivity index (χ1v) is 8.93. The minimum Gasteiger partial charge on any atom is -0.357 e. The van der Waals surface area contributed by atoms with Gasteiger partial charge in [0.25, 0.3) is 0 Å². The zero-order valence-electron chi connectivity index (χ0n) is 13.6. The topological polar surface area (TPSA) is 36.4 Å². The third-order valence-electron chi connectivity index (χ3n) is 3.99. The largest absolute Gasteiger partial charge is 0.357 e. The maximum absolute atomic E-state index is 4.72. The molecule has 1 aliphatic carbocycles. The highest BCUT2D eigenvalue weighted by Crippen LogP contribution is 2.33. The third kappa shape index (κ3) is 4.40. The molecule has 1 aromatic carbocycles. The maximum Gasteiger partial charge on any atom is 0.191 e. The predicted molar refractivity (Wildman–Crippen MR) is 94.5 cm³/mol. The second kappa shape index (κ2) is 7.21. The van der Waals surface area contributed by atoms with Crippen LogP contribution in [0.3, 0.4) is 0 Å². The molecular formula is C17H27N3S. The molecule has 2 N–H and O–H groups in total. The van der Waals surface area contributed by atoms with E-state index in [1.54, 1.807) is 0 Å². The lowest BCUT2D eigenvalue weighted by Crippen LogP contribution is -2.42. The van der Waals surface area contributed by atoms with Crippen molar-refractivity contribution in [1.82, 2.24) is 10.6 Å². The Morgan fingerprint density at radius 3 is 2.76 bits per heavy atom. The van der Waals surface area contributed by atoms with E-state index in [4.69, 9.17) is 4.99 Å². The van der Waals surface area contributed by atoms with E-state index in [1.807, 2.05) is 11.8 Å². The lowest BCUT2D eigenvalue weighted by Gasteiger charge is -2.30. The van der Waals surface area contributed by atoms with Gasteiger partial charge in [0.05, 0.1) is 6.54 Å². The van der Waals surface area contributed by atoms with Gasteiger partial charge in [0.1, 0.15) is 0 Å². The van der Waals surface area contributed by atoms with E-state index in [-0.39, 0.29) is 4.75 Å². The average molecular weight is 305 g/mol. The van der Waals surface area contributed by atoms with Crippen molar-refractivity contribution in [3.8, 4) is 0 Å². The number of hydrogen-bond acceptors (Lipinski definition) is 2. The molecule has 2 rings (SSSR count). The van der Waals surface area contributed by atoms with Gasteiger partial charge in [-0.15, -0.1) is 0 Å². The fraction of sp³-hybridized carbons (Fsp3) is 0.588. The summed E-state index contributed by atoms with van der Waals surface area (Å²) in [4.78, 5) is 4.72. The van der Waals surface area contributed by atoms with Gasteiger partial charge in [0.2, 0.25) is 0 Å². The first-order valence-electron chi connectivity index (χ1n) is 7.71. The van der Waals surface area contributed by atoms with Gasteiger partial charge in [-0.25, -0.2) is 0 Å². The minimum atomic E-state index is 0.186. The summed E-state index contributed by atoms with van der Waals surface area (Å²) in [6.07, 6.45) is 3.32. The van der Waals surface area contributed by atoms with Gasteiger partial charge < -0.3 is 10.6 Å². The number of thioether (sulfide) groups is 1. The summed E-state index contributed by atoms with van der Waals surface area (Å²) in [6.45, 7) is 9.25. The Hall–Kier alpha value is -1.16. The molecular weight excluding hydrogens is 278 g/mol. The predicted octanol–water partition coefficient (Wildman–Crippen LogP) is 3.02. The molecule has 3 nitrogen and oxygen atoms in total. The van der Waals surface area contributed by atoms with E-state index >= 15 is 0 Å². The van der Waals surface area contributed by atoms with Crippen LogP contribution in [0.1, 0.15) is 37.8 Å². The van der Waals surface area contributed by atoms with Crippen LogP contribution in [0.2, 0.25) is 0 Å². The van der Waals surface area contributed by atoms with Gasteiger partial charge >= 0.3 is 0 Å². The van der Waals surface area contributed by atoms with Crippen molar-refractivity contribution in [1.29, 1.82) is 0 Å². The molecule has 1 aromatic rings. The molecule has 0 saturated heterocycles. The molecule has 4 heteroatoms. The van der Waals surface area contributed by atoms with E-state index in [2.05, 4.69) is 61.9 Å². The average Bonchev–Trinajstić information content (AvgIpc) is 2.45. The summed E-state index contributed by atoms with van der Waals surface area (Å²) in [5, 5.41) is 6.83. The summed E-state index contributed by atoms with van der Waals surface area (Å²) in [5.41, 5.74) is 2.99. The molecule has 116 valence electrons. The molecule has 0 saturated carbocycles. The second-order valence-corrected chi connectivity index (χ2v) is 7.65. The monoisotopic (exact) mass is 305 g/mol. The fourth-order valence-electron chi connectivity index (χ4n) is 2.44. The van der Waals surface area contributed by atoms with Gasteiger partial charge in [-0.05, 0) is 44.6 Å². The number of guanidine groups is 1. The SMILES string of the molecule is CCNC(=NCC(C)(C)SC)NCC1Cc2ccccc21. The maximum atomic E-state index is 4.72. The van der Waals surface area contributed by atoms with E-state index < -0.39 is 0 Å². The highest BCUT2D eigenvalue weighted by atomic mass is 32.2. The summed E-state index contributed by atoms with van der Waals surface area (Å²) >= 11 is 1.86. The van der Waals surface area contributed by atoms with Crippen LogP contribution in [0.25, 0.3) is 0 Å². The lowest BCUT2D eigenvalue weighted by molar-refractivity contribution is 0.582. The molecule has 21 heavy (non-hydrogen) atoms. The number of hydrogen-bond donors (Lipinski definition) is 2. The quantitative estimate of drug-likeness (QED) is 0.626. The molecule has 0 aliphatic heterocycles. The van der Waals surface area contributed by atoms with Crippen LogP contribution >= 0.6 is 11.8 Å². The van der Waals surface area contributed by atoms with Crippen molar-refractivity contribution in [3.05, 3.63) is 35.4 Å². The zero-order chi connectivity index (χ0) is 15.3. The van der Waals surface area contributed by atoms with Crippen molar-refractivity contribution < 1.29 is 0 Å². The Labute approximate surface area is 133 Å². The Kier molecular flexibility index (Phi) is 5.57. The standard InChI is InChI=1S/C17H27N3S/c1-5-18-16(20-12-17(2,3)21-4)19-11-14-10-13-8-6-7-9-15(13)14/h6-9,14H,5,10-12H2,1-4H3,(H2,18,19,20). The summed E-state index contributed by atoms with van der Waals surface area (Å²) < 4.78 is 0.186. The number of benzene rings is 1. The lowest BCUT2D eigenvalue weighted by atomic mass is 9.78. The number of nitrogens with zero attached hydrogens (tertiary/aromatic N) is 1. The molecule has 0 aromatic heterocycles. The highest BCUT2D eigenvalue weighted by molar-refractivity contribution is 7.99. The van der Waals surface area contributed by atoms with Gasteiger partial charge in [-0.2, -0.15) is 11.8 Å². The fourth-order valence-corrected chi connectivity index (χ4v) is 2.63. The molecule has 0 fully saturated rings. The van der Waals surface area contributed by atoms with Gasteiger partial charge in [-0.1, -0.05) is 24.3 Å². The normalized spacial score (nSPS) is 17.9. The van der Waals surface area contributed by atoms with E-state index in [0.29, 0.717) is 5.92 Å². The van der Waals surface area contributed by atoms with Gasteiger partial charge in [-0.3, -0.25) is 4.99 Å². The van der Waals surface area contributed by atoms with Crippen LogP contribution in [-0.4, -0.2) is 36.6 Å². The van der Waals surface area contributed by atoms with E-state index in [9.17, 15) is 0 Å². The summed E-state index contributed by atoms with van der Waals surface area (Å²) in [6, 6.07) is 8.72. The Balaban J connectivity index is 1.88. The Morgan fingerprint density at radius 2 is 2.10 bits per heavy atom. The third-order valence-corrected chi connectivity index (χ3v) is 5.23. The van der Waals surface area contributed by atoms with Crippen LogP contribution in [0.4, 0.5) is 0 Å². The van der Waals surface area contributed by atoms with Gasteiger partial charge in [0, 0.05) is 23.8 Å². The molecule has 1 atom stereocenters. The zero-order valence-corrected chi connectivity index (χ0v) is 14.4. The molecule has 0 heterocycles. The van der Waals surface area contributed by atoms with Gasteiger partial charge in [0.15, 0.2) is 5.96 Å². The first-order chi connectivity index (χ1) is 10.1. The van der Waals surface area contributed by atoms with E-state index in [1.165, 1.54) is 17.5 Å². The molecule has 0 amide bonds. The minimum absolute atomic E-state index is 0.186. The first kappa shape index (κ1) is 16.2. The molecule has 0 radical (unpaired) electrons. The molecule has 0 bridgehead atoms. The van der Waals surface area contributed by atoms with Crippen LogP contribution in [0.15, 0.2) is 29.3 Å². The number of nitrogens with one attached hydrogen (secondary N) is 2. The number of fused-ring (bicyclic) bond motifs is 1. The van der Waals surface area contributed by atoms with Crippen LogP contribution in [0.5, 0.6) is 0 Å². The number of rotatable bonds is 6. The molecule has 0 spiro atoms. The number of aliphatic imine (C=N–C) groups is 1. The molecule has 1 aliphatic rings. The van der Waals surface area contributed by atoms with Crippen molar-refractivity contribution in [3.63, 3.8) is 0 Å². The summed E-state index contributed by atoms with van der Waals surface area (Å²) in [7, 11) is 0. The van der Waals surface area contributed by atoms with Crippen molar-refractivity contribution in [2.45, 2.75) is 37.9 Å². The van der Waals surface area contributed by atoms with Crippen LogP contribution in [-0.2, 0) is 6.42 Å². The van der Waals surface area contributed by atoms with Crippen molar-refractivity contribution in [2.24, 2.45) is 4.99 Å². The van der Waals surface area contributed by atoms with Crippen LogP contribution < -0.4 is 10.6 Å². The Morgan fingerprint density at radius 1 is 1.33 bits per heavy atom. The van der Waals surface area contributed by atoms with Crippen LogP contribution in [0, 0.1) is 0 Å². The van der Waals surface area contributed by atoms with Crippen molar-refractivity contribution in [2.75, 3.05) is 25.9 Å². The molecule has 1 unspecified atom stereocenters. The van der Waals surface area contributed by atoms with E-state index in [0.717, 1.165) is 25.6 Å². The van der Waals surface area contributed by atoms with Crippen molar-refractivity contribution >= 4 is 17.7 Å². The smallest absolute Gasteiger partial charge is 0.191 e. The highest BCUT2D eigenvalue weighted by Gasteiger charge is 2.25.